The zero-order valence-electron chi connectivity index (χ0n) is 13.2. The number of amides is 1. The molecule has 10 nitrogen and oxygen atoms in total. The number of ether oxygens (including phenoxy) is 1. The minimum atomic E-state index is -0.537. The topological polar surface area (TPSA) is 117 Å². The molecule has 0 saturated heterocycles. The number of anilines is 1. The van der Waals surface area contributed by atoms with Gasteiger partial charge in [0, 0.05) is 24.7 Å². The number of carbonyl (C=O) groups excluding carboxylic acids is 1. The van der Waals surface area contributed by atoms with Crippen molar-refractivity contribution in [3.8, 4) is 5.75 Å². The summed E-state index contributed by atoms with van der Waals surface area (Å²) in [6.45, 7) is 0.376. The van der Waals surface area contributed by atoms with Gasteiger partial charge >= 0.3 is 0 Å². The van der Waals surface area contributed by atoms with Gasteiger partial charge in [-0.2, -0.15) is 10.2 Å². The van der Waals surface area contributed by atoms with Crippen molar-refractivity contribution < 1.29 is 14.5 Å². The molecule has 0 unspecified atom stereocenters. The summed E-state index contributed by atoms with van der Waals surface area (Å²) in [4.78, 5) is 22.6. The first kappa shape index (κ1) is 16.2. The average Bonchev–Trinajstić information content (AvgIpc) is 3.27. The van der Waals surface area contributed by atoms with Crippen molar-refractivity contribution in [3.05, 3.63) is 64.7 Å². The standard InChI is InChI=1S/C15H14N6O4/c1-25-14-9-11(21(23)24)3-4-12(14)17-15(22)13-5-8-20(18-13)10-19-7-2-6-16-19/h2-9H,10H2,1H3,(H,17,22). The number of non-ortho nitro benzene ring substituents is 1. The maximum Gasteiger partial charge on any atom is 0.276 e. The number of hydrogen-bond donors (Lipinski definition) is 1. The van der Waals surface area contributed by atoms with Gasteiger partial charge in [0.25, 0.3) is 11.6 Å². The first-order chi connectivity index (χ1) is 12.1. The molecule has 1 N–H and O–H groups in total. The third-order valence-corrected chi connectivity index (χ3v) is 3.37. The monoisotopic (exact) mass is 342 g/mol. The third-order valence-electron chi connectivity index (χ3n) is 3.37. The lowest BCUT2D eigenvalue weighted by molar-refractivity contribution is -0.384. The Labute approximate surface area is 141 Å². The van der Waals surface area contributed by atoms with Gasteiger partial charge in [0.15, 0.2) is 5.69 Å². The molecule has 3 rings (SSSR count). The van der Waals surface area contributed by atoms with E-state index in [1.54, 1.807) is 40.1 Å². The van der Waals surface area contributed by atoms with Crippen molar-refractivity contribution in [1.29, 1.82) is 0 Å². The van der Waals surface area contributed by atoms with Crippen LogP contribution in [0.15, 0.2) is 48.9 Å². The van der Waals surface area contributed by atoms with E-state index in [9.17, 15) is 14.9 Å². The molecule has 2 aromatic heterocycles. The van der Waals surface area contributed by atoms with E-state index in [1.165, 1.54) is 25.3 Å². The van der Waals surface area contributed by atoms with E-state index in [-0.39, 0.29) is 17.1 Å². The number of hydrogen-bond acceptors (Lipinski definition) is 6. The normalized spacial score (nSPS) is 10.4. The number of nitrogens with one attached hydrogen (secondary N) is 1. The summed E-state index contributed by atoms with van der Waals surface area (Å²) in [5.74, 6) is -0.259. The molecule has 3 aromatic rings. The number of aromatic nitrogens is 4. The summed E-state index contributed by atoms with van der Waals surface area (Å²) in [6.07, 6.45) is 5.09. The van der Waals surface area contributed by atoms with Gasteiger partial charge in [0.05, 0.1) is 23.8 Å². The highest BCUT2D eigenvalue weighted by atomic mass is 16.6. The summed E-state index contributed by atoms with van der Waals surface area (Å²) >= 11 is 0. The predicted octanol–water partition coefficient (Wildman–Crippen LogP) is 1.75. The number of carbonyl (C=O) groups is 1. The molecule has 0 radical (unpaired) electrons. The van der Waals surface area contributed by atoms with Gasteiger partial charge < -0.3 is 10.1 Å². The molecular weight excluding hydrogens is 328 g/mol. The number of nitrogens with zero attached hydrogens (tertiary/aromatic N) is 5. The maximum absolute atomic E-state index is 12.3. The van der Waals surface area contributed by atoms with Crippen LogP contribution in [0.4, 0.5) is 11.4 Å². The highest BCUT2D eigenvalue weighted by molar-refractivity contribution is 6.03. The molecule has 1 aromatic carbocycles. The Kier molecular flexibility index (Phi) is 4.42. The van der Waals surface area contributed by atoms with Gasteiger partial charge in [-0.25, -0.2) is 0 Å². The zero-order chi connectivity index (χ0) is 17.8. The van der Waals surface area contributed by atoms with Crippen LogP contribution in [0.3, 0.4) is 0 Å². The lowest BCUT2D eigenvalue weighted by Gasteiger charge is -2.09. The fraction of sp³-hybridized carbons (Fsp3) is 0.133. The van der Waals surface area contributed by atoms with Crippen molar-refractivity contribution in [1.82, 2.24) is 19.6 Å². The zero-order valence-corrected chi connectivity index (χ0v) is 13.2. The van der Waals surface area contributed by atoms with Crippen molar-refractivity contribution in [3.63, 3.8) is 0 Å². The Morgan fingerprint density at radius 3 is 2.84 bits per heavy atom. The second-order valence-electron chi connectivity index (χ2n) is 5.02. The summed E-state index contributed by atoms with van der Waals surface area (Å²) < 4.78 is 8.32. The SMILES string of the molecule is COc1cc([N+](=O)[O-])ccc1NC(=O)c1ccn(Cn2cccn2)n1. The minimum Gasteiger partial charge on any atom is -0.494 e. The predicted molar refractivity (Wildman–Crippen MR) is 87.5 cm³/mol. The molecule has 0 aliphatic heterocycles. The Morgan fingerprint density at radius 2 is 2.16 bits per heavy atom. The molecular formula is C15H14N6O4. The second-order valence-corrected chi connectivity index (χ2v) is 5.02. The third kappa shape index (κ3) is 3.63. The largest absolute Gasteiger partial charge is 0.494 e. The lowest BCUT2D eigenvalue weighted by Crippen LogP contribution is -2.15. The van der Waals surface area contributed by atoms with Crippen LogP contribution in [0.1, 0.15) is 10.5 Å². The Bertz CT molecular complexity index is 903. The molecule has 0 atom stereocenters. The van der Waals surface area contributed by atoms with Crippen LogP contribution in [0.5, 0.6) is 5.75 Å². The average molecular weight is 342 g/mol. The number of methoxy groups -OCH3 is 1. The first-order valence-corrected chi connectivity index (χ1v) is 7.21. The molecule has 0 saturated carbocycles. The van der Waals surface area contributed by atoms with Crippen molar-refractivity contribution >= 4 is 17.3 Å². The molecule has 10 heteroatoms. The summed E-state index contributed by atoms with van der Waals surface area (Å²) in [5, 5.41) is 21.7. The molecule has 1 amide bonds. The van der Waals surface area contributed by atoms with Crippen LogP contribution in [-0.4, -0.2) is 37.5 Å². The van der Waals surface area contributed by atoms with Gasteiger partial charge in [-0.3, -0.25) is 24.3 Å². The Hall–Kier alpha value is -3.69. The molecule has 0 aliphatic carbocycles. The fourth-order valence-corrected chi connectivity index (χ4v) is 2.18. The molecule has 0 fully saturated rings. The second kappa shape index (κ2) is 6.83. The van der Waals surface area contributed by atoms with E-state index in [2.05, 4.69) is 15.5 Å². The van der Waals surface area contributed by atoms with Gasteiger partial charge in [-0.05, 0) is 18.2 Å². The van der Waals surface area contributed by atoms with Crippen molar-refractivity contribution in [2.24, 2.45) is 0 Å². The van der Waals surface area contributed by atoms with Crippen LogP contribution in [0.25, 0.3) is 0 Å². The number of nitro benzene ring substituents is 1. The van der Waals surface area contributed by atoms with Gasteiger partial charge in [0.1, 0.15) is 12.4 Å². The summed E-state index contributed by atoms with van der Waals surface area (Å²) in [7, 11) is 1.37. The van der Waals surface area contributed by atoms with Crippen molar-refractivity contribution in [2.45, 2.75) is 6.67 Å². The van der Waals surface area contributed by atoms with Gasteiger partial charge in [0.2, 0.25) is 0 Å². The highest BCUT2D eigenvalue weighted by Crippen LogP contribution is 2.29. The fourth-order valence-electron chi connectivity index (χ4n) is 2.18. The molecule has 2 heterocycles. The number of rotatable bonds is 6. The minimum absolute atomic E-state index is 0.127. The van der Waals surface area contributed by atoms with E-state index in [0.29, 0.717) is 12.4 Å². The molecule has 25 heavy (non-hydrogen) atoms. The van der Waals surface area contributed by atoms with E-state index in [4.69, 9.17) is 4.74 Å². The van der Waals surface area contributed by atoms with Crippen LogP contribution in [0, 0.1) is 10.1 Å². The molecule has 128 valence electrons. The maximum atomic E-state index is 12.3. The van der Waals surface area contributed by atoms with Crippen molar-refractivity contribution in [2.75, 3.05) is 12.4 Å². The van der Waals surface area contributed by atoms with Gasteiger partial charge in [-0.1, -0.05) is 0 Å². The summed E-state index contributed by atoms with van der Waals surface area (Å²) in [6, 6.07) is 7.30. The van der Waals surface area contributed by atoms with Gasteiger partial charge in [-0.15, -0.1) is 0 Å². The van der Waals surface area contributed by atoms with E-state index < -0.39 is 10.8 Å². The quantitative estimate of drug-likeness (QED) is 0.539. The van der Waals surface area contributed by atoms with Crippen LogP contribution >= 0.6 is 0 Å². The Morgan fingerprint density at radius 1 is 1.32 bits per heavy atom. The van der Waals surface area contributed by atoms with Crippen LogP contribution in [0.2, 0.25) is 0 Å². The molecule has 0 bridgehead atoms. The first-order valence-electron chi connectivity index (χ1n) is 7.21. The Balaban J connectivity index is 1.74. The van der Waals surface area contributed by atoms with Crippen LogP contribution in [-0.2, 0) is 6.67 Å². The molecule has 0 aliphatic rings. The lowest BCUT2D eigenvalue weighted by atomic mass is 10.2. The molecule has 0 spiro atoms. The van der Waals surface area contributed by atoms with Crippen LogP contribution < -0.4 is 10.1 Å². The highest BCUT2D eigenvalue weighted by Gasteiger charge is 2.16. The number of nitro groups is 1. The van der Waals surface area contributed by atoms with E-state index in [1.807, 2.05) is 0 Å². The van der Waals surface area contributed by atoms with E-state index >= 15 is 0 Å². The van der Waals surface area contributed by atoms with E-state index in [0.717, 1.165) is 0 Å². The number of benzene rings is 1. The summed E-state index contributed by atoms with van der Waals surface area (Å²) in [5.41, 5.74) is 0.394. The smallest absolute Gasteiger partial charge is 0.276 e.